The summed E-state index contributed by atoms with van der Waals surface area (Å²) < 4.78 is 5.48. The van der Waals surface area contributed by atoms with Gasteiger partial charge in [-0.05, 0) is 50.1 Å². The number of aryl methyl sites for hydroxylation is 1. The Balaban J connectivity index is 1.98. The van der Waals surface area contributed by atoms with Crippen LogP contribution in [0.25, 0.3) is 0 Å². The minimum atomic E-state index is -0.0777. The van der Waals surface area contributed by atoms with Gasteiger partial charge < -0.3 is 15.4 Å². The molecule has 98 valence electrons. The summed E-state index contributed by atoms with van der Waals surface area (Å²) in [6.45, 7) is 2.61. The number of hydrogen-bond acceptors (Lipinski definition) is 3. The molecular weight excluding hydrogens is 228 g/mol. The van der Waals surface area contributed by atoms with E-state index >= 15 is 0 Å². The van der Waals surface area contributed by atoms with Gasteiger partial charge in [-0.25, -0.2) is 0 Å². The maximum absolute atomic E-state index is 11.3. The van der Waals surface area contributed by atoms with Gasteiger partial charge in [-0.15, -0.1) is 0 Å². The van der Waals surface area contributed by atoms with Crippen LogP contribution >= 0.6 is 0 Å². The zero-order valence-corrected chi connectivity index (χ0v) is 11.0. The van der Waals surface area contributed by atoms with E-state index in [1.165, 1.54) is 11.1 Å². The third-order valence-electron chi connectivity index (χ3n) is 3.28. The molecule has 0 bridgehead atoms. The Morgan fingerprint density at radius 3 is 3.06 bits per heavy atom. The van der Waals surface area contributed by atoms with Crippen LogP contribution in [0.4, 0.5) is 0 Å². The summed E-state index contributed by atoms with van der Waals surface area (Å²) in [6.07, 6.45) is 2.20. The molecule has 0 radical (unpaired) electrons. The van der Waals surface area contributed by atoms with Crippen LogP contribution in [0.2, 0.25) is 0 Å². The number of hydrogen-bond donors (Lipinski definition) is 2. The number of fused-ring (bicyclic) bond motifs is 1. The standard InChI is InChI=1S/C14H20N2O2/c1-3-16-14(17)9-18-11-5-6-12-10(8-11)4-7-13(12)15-2/h5-6,8,13,15H,3-4,7,9H2,1-2H3,(H,16,17). The predicted molar refractivity (Wildman–Crippen MR) is 70.7 cm³/mol. The Labute approximate surface area is 108 Å². The minimum Gasteiger partial charge on any atom is -0.484 e. The summed E-state index contributed by atoms with van der Waals surface area (Å²) in [5.74, 6) is 0.697. The van der Waals surface area contributed by atoms with Crippen molar-refractivity contribution in [2.75, 3.05) is 20.2 Å². The van der Waals surface area contributed by atoms with Crippen molar-refractivity contribution in [3.05, 3.63) is 29.3 Å². The summed E-state index contributed by atoms with van der Waals surface area (Å²) in [5, 5.41) is 6.01. The van der Waals surface area contributed by atoms with E-state index in [0.717, 1.165) is 18.6 Å². The van der Waals surface area contributed by atoms with Gasteiger partial charge >= 0.3 is 0 Å². The van der Waals surface area contributed by atoms with Crippen molar-refractivity contribution in [2.45, 2.75) is 25.8 Å². The zero-order chi connectivity index (χ0) is 13.0. The second-order valence-electron chi connectivity index (χ2n) is 4.48. The number of amides is 1. The normalized spacial score (nSPS) is 17.3. The maximum atomic E-state index is 11.3. The fourth-order valence-electron chi connectivity index (χ4n) is 2.38. The van der Waals surface area contributed by atoms with Gasteiger partial charge in [-0.1, -0.05) is 6.07 Å². The fraction of sp³-hybridized carbons (Fsp3) is 0.500. The Bertz CT molecular complexity index is 432. The van der Waals surface area contributed by atoms with E-state index in [0.29, 0.717) is 12.6 Å². The molecule has 1 atom stereocenters. The maximum Gasteiger partial charge on any atom is 0.257 e. The quantitative estimate of drug-likeness (QED) is 0.828. The second-order valence-corrected chi connectivity index (χ2v) is 4.48. The summed E-state index contributed by atoms with van der Waals surface area (Å²) in [4.78, 5) is 11.3. The first-order chi connectivity index (χ1) is 8.74. The van der Waals surface area contributed by atoms with Gasteiger partial charge in [0.25, 0.3) is 5.91 Å². The van der Waals surface area contributed by atoms with E-state index in [1.54, 1.807) is 0 Å². The highest BCUT2D eigenvalue weighted by molar-refractivity contribution is 5.77. The smallest absolute Gasteiger partial charge is 0.257 e. The zero-order valence-electron chi connectivity index (χ0n) is 11.0. The SMILES string of the molecule is CCNC(=O)COc1ccc2c(c1)CCC2NC. The summed E-state index contributed by atoms with van der Waals surface area (Å²) in [5.41, 5.74) is 2.67. The van der Waals surface area contributed by atoms with Gasteiger partial charge in [-0.2, -0.15) is 0 Å². The van der Waals surface area contributed by atoms with Crippen molar-refractivity contribution < 1.29 is 9.53 Å². The Kier molecular flexibility index (Phi) is 4.20. The lowest BCUT2D eigenvalue weighted by Gasteiger charge is -2.11. The van der Waals surface area contributed by atoms with Gasteiger partial charge in [0.1, 0.15) is 5.75 Å². The lowest BCUT2D eigenvalue weighted by molar-refractivity contribution is -0.122. The van der Waals surface area contributed by atoms with Crippen molar-refractivity contribution in [1.29, 1.82) is 0 Å². The van der Waals surface area contributed by atoms with Crippen LogP contribution in [-0.4, -0.2) is 26.1 Å². The van der Waals surface area contributed by atoms with Crippen LogP contribution in [-0.2, 0) is 11.2 Å². The van der Waals surface area contributed by atoms with Gasteiger partial charge in [0.2, 0.25) is 0 Å². The number of carbonyl (C=O) groups is 1. The first-order valence-corrected chi connectivity index (χ1v) is 6.44. The van der Waals surface area contributed by atoms with Crippen molar-refractivity contribution in [2.24, 2.45) is 0 Å². The Morgan fingerprint density at radius 1 is 1.50 bits per heavy atom. The van der Waals surface area contributed by atoms with Crippen molar-refractivity contribution >= 4 is 5.91 Å². The third-order valence-corrected chi connectivity index (χ3v) is 3.28. The molecular formula is C14H20N2O2. The van der Waals surface area contributed by atoms with E-state index in [1.807, 2.05) is 26.1 Å². The van der Waals surface area contributed by atoms with Gasteiger partial charge in [0.15, 0.2) is 6.61 Å². The van der Waals surface area contributed by atoms with Crippen LogP contribution < -0.4 is 15.4 Å². The molecule has 0 fully saturated rings. The minimum absolute atomic E-state index is 0.0777. The topological polar surface area (TPSA) is 50.4 Å². The molecule has 0 saturated carbocycles. The number of benzene rings is 1. The van der Waals surface area contributed by atoms with Crippen LogP contribution in [0.5, 0.6) is 5.75 Å². The number of carbonyl (C=O) groups excluding carboxylic acids is 1. The highest BCUT2D eigenvalue weighted by Gasteiger charge is 2.21. The second kappa shape index (κ2) is 5.87. The average molecular weight is 248 g/mol. The Hall–Kier alpha value is -1.55. The molecule has 0 aromatic heterocycles. The molecule has 1 aromatic carbocycles. The molecule has 0 aliphatic heterocycles. The van der Waals surface area contributed by atoms with E-state index in [9.17, 15) is 4.79 Å². The van der Waals surface area contributed by atoms with Crippen LogP contribution in [0.1, 0.15) is 30.5 Å². The summed E-state index contributed by atoms with van der Waals surface area (Å²) >= 11 is 0. The molecule has 0 heterocycles. The molecule has 18 heavy (non-hydrogen) atoms. The van der Waals surface area contributed by atoms with Crippen LogP contribution in [0.15, 0.2) is 18.2 Å². The molecule has 1 aliphatic rings. The van der Waals surface area contributed by atoms with E-state index in [4.69, 9.17) is 4.74 Å². The highest BCUT2D eigenvalue weighted by atomic mass is 16.5. The van der Waals surface area contributed by atoms with E-state index in [2.05, 4.69) is 16.7 Å². The first-order valence-electron chi connectivity index (χ1n) is 6.44. The van der Waals surface area contributed by atoms with E-state index in [-0.39, 0.29) is 12.5 Å². The number of ether oxygens (including phenoxy) is 1. The number of likely N-dealkylation sites (N-methyl/N-ethyl adjacent to an activating group) is 1. The third kappa shape index (κ3) is 2.82. The largest absolute Gasteiger partial charge is 0.484 e. The highest BCUT2D eigenvalue weighted by Crippen LogP contribution is 2.33. The molecule has 2 N–H and O–H groups in total. The fourth-order valence-corrected chi connectivity index (χ4v) is 2.38. The molecule has 4 heteroatoms. The van der Waals surface area contributed by atoms with E-state index < -0.39 is 0 Å². The number of nitrogens with one attached hydrogen (secondary N) is 2. The number of rotatable bonds is 5. The molecule has 0 spiro atoms. The molecule has 1 aromatic rings. The molecule has 1 aliphatic carbocycles. The van der Waals surface area contributed by atoms with Crippen LogP contribution in [0, 0.1) is 0 Å². The van der Waals surface area contributed by atoms with Crippen molar-refractivity contribution in [3.63, 3.8) is 0 Å². The lowest BCUT2D eigenvalue weighted by Crippen LogP contribution is -2.28. The van der Waals surface area contributed by atoms with Crippen molar-refractivity contribution in [1.82, 2.24) is 10.6 Å². The van der Waals surface area contributed by atoms with Gasteiger partial charge in [0.05, 0.1) is 0 Å². The van der Waals surface area contributed by atoms with Crippen LogP contribution in [0.3, 0.4) is 0 Å². The lowest BCUT2D eigenvalue weighted by atomic mass is 10.1. The van der Waals surface area contributed by atoms with Crippen molar-refractivity contribution in [3.8, 4) is 5.75 Å². The molecule has 2 rings (SSSR count). The monoisotopic (exact) mass is 248 g/mol. The first kappa shape index (κ1) is 12.9. The molecule has 1 amide bonds. The summed E-state index contributed by atoms with van der Waals surface area (Å²) in [7, 11) is 1.99. The average Bonchev–Trinajstić information content (AvgIpc) is 2.79. The van der Waals surface area contributed by atoms with Gasteiger partial charge in [0, 0.05) is 12.6 Å². The Morgan fingerprint density at radius 2 is 2.33 bits per heavy atom. The van der Waals surface area contributed by atoms with Gasteiger partial charge in [-0.3, -0.25) is 4.79 Å². The molecule has 4 nitrogen and oxygen atoms in total. The molecule has 1 unspecified atom stereocenters. The predicted octanol–water partition coefficient (Wildman–Crippen LogP) is 1.41. The summed E-state index contributed by atoms with van der Waals surface area (Å²) in [6, 6.07) is 6.54. The molecule has 0 saturated heterocycles.